The highest BCUT2D eigenvalue weighted by Gasteiger charge is 2.43. The van der Waals surface area contributed by atoms with Gasteiger partial charge >= 0.3 is 0 Å². The van der Waals surface area contributed by atoms with Crippen molar-refractivity contribution in [2.45, 2.75) is 150 Å². The highest BCUT2D eigenvalue weighted by Crippen LogP contribution is 2.39. The summed E-state index contributed by atoms with van der Waals surface area (Å²) in [5.41, 5.74) is -0.0687. The molecule has 2 fully saturated rings. The lowest BCUT2D eigenvalue weighted by Crippen LogP contribution is -2.59. The first kappa shape index (κ1) is 32.1. The SMILES string of the molecule is CCCCN1C(C)CC(Oc2ccc(OC3CC(C(C)C)N(CCCC)C(C)(C)C3)c(F)c2F)CC1C(C)C. The van der Waals surface area contributed by atoms with Crippen LogP contribution in [0.15, 0.2) is 12.1 Å². The number of halogens is 2. The van der Waals surface area contributed by atoms with Gasteiger partial charge in [-0.25, -0.2) is 0 Å². The quantitative estimate of drug-likeness (QED) is 0.261. The van der Waals surface area contributed by atoms with E-state index in [1.165, 1.54) is 12.8 Å². The Labute approximate surface area is 237 Å². The van der Waals surface area contributed by atoms with E-state index in [0.29, 0.717) is 30.0 Å². The molecule has 1 aromatic rings. The van der Waals surface area contributed by atoms with Crippen LogP contribution in [0.2, 0.25) is 0 Å². The van der Waals surface area contributed by atoms with Gasteiger partial charge in [0.1, 0.15) is 12.2 Å². The zero-order chi connectivity index (χ0) is 28.9. The van der Waals surface area contributed by atoms with E-state index in [1.54, 1.807) is 12.1 Å². The van der Waals surface area contributed by atoms with Crippen LogP contribution < -0.4 is 9.47 Å². The smallest absolute Gasteiger partial charge is 0.204 e. The average Bonchev–Trinajstić information content (AvgIpc) is 2.86. The summed E-state index contributed by atoms with van der Waals surface area (Å²) in [5, 5.41) is 0. The topological polar surface area (TPSA) is 24.9 Å². The molecular formula is C33H56F2N2O2. The number of hydrogen-bond donors (Lipinski definition) is 0. The molecule has 6 heteroatoms. The second-order valence-electron chi connectivity index (χ2n) is 13.5. The fraction of sp³-hybridized carbons (Fsp3) is 0.818. The molecule has 5 unspecified atom stereocenters. The van der Waals surface area contributed by atoms with Crippen LogP contribution in [-0.2, 0) is 0 Å². The molecule has 4 nitrogen and oxygen atoms in total. The molecule has 2 aliphatic heterocycles. The van der Waals surface area contributed by atoms with Crippen LogP contribution in [0, 0.1) is 23.5 Å². The Morgan fingerprint density at radius 3 is 1.87 bits per heavy atom. The van der Waals surface area contributed by atoms with Gasteiger partial charge in [-0.15, -0.1) is 0 Å². The van der Waals surface area contributed by atoms with Gasteiger partial charge in [-0.2, -0.15) is 8.78 Å². The van der Waals surface area contributed by atoms with Gasteiger partial charge in [0.25, 0.3) is 0 Å². The lowest BCUT2D eigenvalue weighted by molar-refractivity contribution is -0.0494. The molecule has 2 heterocycles. The second-order valence-corrected chi connectivity index (χ2v) is 13.5. The molecule has 5 atom stereocenters. The van der Waals surface area contributed by atoms with Crippen LogP contribution in [0.5, 0.6) is 11.5 Å². The molecule has 224 valence electrons. The minimum Gasteiger partial charge on any atom is -0.487 e. The maximum atomic E-state index is 15.3. The largest absolute Gasteiger partial charge is 0.487 e. The van der Waals surface area contributed by atoms with E-state index in [4.69, 9.17) is 9.47 Å². The van der Waals surface area contributed by atoms with Gasteiger partial charge in [0.15, 0.2) is 11.5 Å². The number of hydrogen-bond acceptors (Lipinski definition) is 4. The first-order valence-electron chi connectivity index (χ1n) is 15.7. The Morgan fingerprint density at radius 1 is 0.821 bits per heavy atom. The van der Waals surface area contributed by atoms with Crippen LogP contribution in [-0.4, -0.2) is 58.8 Å². The van der Waals surface area contributed by atoms with Crippen molar-refractivity contribution >= 4 is 0 Å². The minimum absolute atomic E-state index is 0.00339. The van der Waals surface area contributed by atoms with E-state index >= 15 is 8.78 Å². The number of nitrogens with zero attached hydrogens (tertiary/aromatic N) is 2. The van der Waals surface area contributed by atoms with E-state index in [9.17, 15) is 0 Å². The number of rotatable bonds is 12. The lowest BCUT2D eigenvalue weighted by Gasteiger charge is -2.52. The van der Waals surface area contributed by atoms with Crippen molar-refractivity contribution < 1.29 is 18.3 Å². The number of piperidine rings is 2. The van der Waals surface area contributed by atoms with Crippen LogP contribution in [0.25, 0.3) is 0 Å². The highest BCUT2D eigenvalue weighted by molar-refractivity contribution is 5.35. The van der Waals surface area contributed by atoms with Gasteiger partial charge in [0, 0.05) is 42.9 Å². The molecule has 0 radical (unpaired) electrons. The highest BCUT2D eigenvalue weighted by atomic mass is 19.2. The van der Waals surface area contributed by atoms with Gasteiger partial charge in [-0.3, -0.25) is 9.80 Å². The van der Waals surface area contributed by atoms with Gasteiger partial charge in [-0.05, 0) is 77.1 Å². The first-order chi connectivity index (χ1) is 18.4. The van der Waals surface area contributed by atoms with Gasteiger partial charge < -0.3 is 9.47 Å². The first-order valence-corrected chi connectivity index (χ1v) is 15.7. The van der Waals surface area contributed by atoms with E-state index < -0.39 is 11.6 Å². The number of ether oxygens (including phenoxy) is 2. The molecular weight excluding hydrogens is 494 g/mol. The van der Waals surface area contributed by atoms with Crippen molar-refractivity contribution in [3.8, 4) is 11.5 Å². The summed E-state index contributed by atoms with van der Waals surface area (Å²) >= 11 is 0. The Hall–Kier alpha value is -1.40. The molecule has 0 aliphatic carbocycles. The third-order valence-corrected chi connectivity index (χ3v) is 9.17. The summed E-state index contributed by atoms with van der Waals surface area (Å²) in [6, 6.07) is 4.20. The zero-order valence-electron chi connectivity index (χ0n) is 26.2. The molecule has 39 heavy (non-hydrogen) atoms. The normalized spacial score (nSPS) is 28.3. The zero-order valence-corrected chi connectivity index (χ0v) is 26.2. The van der Waals surface area contributed by atoms with Crippen molar-refractivity contribution in [1.29, 1.82) is 0 Å². The fourth-order valence-corrected chi connectivity index (χ4v) is 7.00. The minimum atomic E-state index is -0.936. The summed E-state index contributed by atoms with van der Waals surface area (Å²) in [6.45, 7) is 22.3. The molecule has 2 saturated heterocycles. The maximum Gasteiger partial charge on any atom is 0.204 e. The van der Waals surface area contributed by atoms with E-state index in [0.717, 1.165) is 51.6 Å². The summed E-state index contributed by atoms with van der Waals surface area (Å²) < 4.78 is 43.0. The van der Waals surface area contributed by atoms with Crippen LogP contribution in [0.4, 0.5) is 8.78 Å². The molecule has 0 spiro atoms. The van der Waals surface area contributed by atoms with E-state index in [1.807, 2.05) is 0 Å². The third-order valence-electron chi connectivity index (χ3n) is 9.17. The van der Waals surface area contributed by atoms with E-state index in [2.05, 4.69) is 72.1 Å². The summed E-state index contributed by atoms with van der Waals surface area (Å²) in [7, 11) is 0. The molecule has 0 aromatic heterocycles. The standard InChI is InChI=1S/C33H56F2N2O2/c1-10-12-16-36-24(7)18-25(19-27(36)22(3)4)38-29-14-15-30(32(35)31(29)34)39-26-20-28(23(5)6)37(17-13-11-2)33(8,9)21-26/h14-15,22-28H,10-13,16-21H2,1-9H3. The molecule has 3 rings (SSSR count). The predicted molar refractivity (Wildman–Crippen MR) is 158 cm³/mol. The van der Waals surface area contributed by atoms with Crippen LogP contribution >= 0.6 is 0 Å². The van der Waals surface area contributed by atoms with Crippen LogP contribution in [0.3, 0.4) is 0 Å². The Morgan fingerprint density at radius 2 is 1.33 bits per heavy atom. The Bertz CT molecular complexity index is 906. The van der Waals surface area contributed by atoms with Crippen molar-refractivity contribution in [2.75, 3.05) is 13.1 Å². The molecule has 0 saturated carbocycles. The second kappa shape index (κ2) is 14.0. The van der Waals surface area contributed by atoms with Crippen LogP contribution in [0.1, 0.15) is 114 Å². The Balaban J connectivity index is 1.71. The summed E-state index contributed by atoms with van der Waals surface area (Å²) in [6.07, 6.45) is 7.60. The van der Waals surface area contributed by atoms with Gasteiger partial charge in [0.2, 0.25) is 11.6 Å². The molecule has 0 bridgehead atoms. The van der Waals surface area contributed by atoms with Crippen molar-refractivity contribution in [3.63, 3.8) is 0 Å². The van der Waals surface area contributed by atoms with Crippen molar-refractivity contribution in [3.05, 3.63) is 23.8 Å². The maximum absolute atomic E-state index is 15.3. The molecule has 0 amide bonds. The third kappa shape index (κ3) is 7.87. The Kier molecular flexibility index (Phi) is 11.5. The number of unbranched alkanes of at least 4 members (excludes halogenated alkanes) is 2. The number of benzene rings is 1. The average molecular weight is 551 g/mol. The lowest BCUT2D eigenvalue weighted by atomic mass is 9.80. The van der Waals surface area contributed by atoms with E-state index in [-0.39, 0.29) is 29.2 Å². The molecule has 1 aromatic carbocycles. The summed E-state index contributed by atoms with van der Waals surface area (Å²) in [4.78, 5) is 5.19. The monoisotopic (exact) mass is 550 g/mol. The predicted octanol–water partition coefficient (Wildman–Crippen LogP) is 8.47. The van der Waals surface area contributed by atoms with Gasteiger partial charge in [0.05, 0.1) is 0 Å². The summed E-state index contributed by atoms with van der Waals surface area (Å²) in [5.74, 6) is -0.955. The van der Waals surface area contributed by atoms with Crippen molar-refractivity contribution in [1.82, 2.24) is 9.80 Å². The van der Waals surface area contributed by atoms with Crippen molar-refractivity contribution in [2.24, 2.45) is 11.8 Å². The fourth-order valence-electron chi connectivity index (χ4n) is 7.00. The molecule has 0 N–H and O–H groups in total. The van der Waals surface area contributed by atoms with Gasteiger partial charge in [-0.1, -0.05) is 54.4 Å². The number of likely N-dealkylation sites (tertiary alicyclic amines) is 2. The molecule has 2 aliphatic rings.